The summed E-state index contributed by atoms with van der Waals surface area (Å²) in [7, 11) is 1.57. The molecule has 3 aromatic carbocycles. The van der Waals surface area contributed by atoms with Gasteiger partial charge in [0.15, 0.2) is 0 Å². The van der Waals surface area contributed by atoms with Crippen LogP contribution in [0.5, 0.6) is 5.75 Å². The Morgan fingerprint density at radius 1 is 0.977 bits per heavy atom. The maximum absolute atomic E-state index is 14.5. The second-order valence-electron chi connectivity index (χ2n) is 11.3. The van der Waals surface area contributed by atoms with Gasteiger partial charge in [-0.2, -0.15) is 0 Å². The zero-order valence-corrected chi connectivity index (χ0v) is 25.8. The van der Waals surface area contributed by atoms with Crippen LogP contribution in [0, 0.1) is 0 Å². The lowest BCUT2D eigenvalue weighted by Crippen LogP contribution is -2.53. The van der Waals surface area contributed by atoms with Gasteiger partial charge in [-0.05, 0) is 74.2 Å². The minimum atomic E-state index is -0.986. The third-order valence-corrected chi connectivity index (χ3v) is 6.69. The number of amides is 3. The van der Waals surface area contributed by atoms with Crippen LogP contribution in [0.1, 0.15) is 63.3 Å². The van der Waals surface area contributed by atoms with E-state index in [0.717, 1.165) is 17.5 Å². The van der Waals surface area contributed by atoms with Gasteiger partial charge >= 0.3 is 6.09 Å². The molecule has 8 nitrogen and oxygen atoms in total. The van der Waals surface area contributed by atoms with Crippen molar-refractivity contribution in [2.45, 2.75) is 64.6 Å². The molecule has 0 bridgehead atoms. The molecule has 3 rings (SSSR count). The number of nitrogens with one attached hydrogen (secondary N) is 2. The van der Waals surface area contributed by atoms with Gasteiger partial charge in [-0.15, -0.1) is 0 Å². The highest BCUT2D eigenvalue weighted by atomic mass is 16.6. The molecule has 0 aliphatic heterocycles. The first-order chi connectivity index (χ1) is 20.5. The van der Waals surface area contributed by atoms with Crippen molar-refractivity contribution in [1.29, 1.82) is 0 Å². The topological polar surface area (TPSA) is 97.0 Å². The SMILES string of the molecule is C=Cc1cccc(C(C(=O)Nc2ccc(OC)cc2)N(CCCC)C(=O)C(Cc2ccccc2)NC(=O)OC(C)(C)C)c1. The van der Waals surface area contributed by atoms with Gasteiger partial charge in [0.25, 0.3) is 5.91 Å². The van der Waals surface area contributed by atoms with E-state index in [1.165, 1.54) is 0 Å². The molecule has 0 radical (unpaired) electrons. The summed E-state index contributed by atoms with van der Waals surface area (Å²) in [5, 5.41) is 5.77. The first-order valence-electron chi connectivity index (χ1n) is 14.6. The van der Waals surface area contributed by atoms with Gasteiger partial charge in [0, 0.05) is 18.7 Å². The second kappa shape index (κ2) is 15.6. The summed E-state index contributed by atoms with van der Waals surface area (Å²) < 4.78 is 10.8. The molecule has 0 spiro atoms. The van der Waals surface area contributed by atoms with E-state index in [0.29, 0.717) is 30.0 Å². The van der Waals surface area contributed by atoms with Crippen molar-refractivity contribution < 1.29 is 23.9 Å². The molecule has 0 aromatic heterocycles. The molecule has 0 saturated heterocycles. The maximum Gasteiger partial charge on any atom is 0.408 e. The van der Waals surface area contributed by atoms with Gasteiger partial charge in [-0.3, -0.25) is 9.59 Å². The molecule has 0 fully saturated rings. The molecular weight excluding hydrogens is 542 g/mol. The summed E-state index contributed by atoms with van der Waals surface area (Å²) in [4.78, 5) is 43.1. The number of unbranched alkanes of at least 4 members (excludes halogenated alkanes) is 1. The summed E-state index contributed by atoms with van der Waals surface area (Å²) >= 11 is 0. The number of hydrogen-bond acceptors (Lipinski definition) is 5. The van der Waals surface area contributed by atoms with Crippen LogP contribution in [-0.2, 0) is 20.7 Å². The summed E-state index contributed by atoms with van der Waals surface area (Å²) in [5.41, 5.74) is 2.11. The van der Waals surface area contributed by atoms with E-state index in [4.69, 9.17) is 9.47 Å². The highest BCUT2D eigenvalue weighted by molar-refractivity contribution is 5.99. The van der Waals surface area contributed by atoms with Crippen LogP contribution in [0.3, 0.4) is 0 Å². The molecule has 0 aliphatic rings. The number of anilines is 1. The lowest BCUT2D eigenvalue weighted by molar-refractivity contribution is -0.140. The van der Waals surface area contributed by atoms with E-state index < -0.39 is 23.8 Å². The zero-order valence-electron chi connectivity index (χ0n) is 25.8. The fraction of sp³-hybridized carbons (Fsp3) is 0.343. The first kappa shape index (κ1) is 32.9. The van der Waals surface area contributed by atoms with Crippen LogP contribution in [-0.4, -0.2) is 48.1 Å². The average Bonchev–Trinajstić information content (AvgIpc) is 2.98. The van der Waals surface area contributed by atoms with Crippen molar-refractivity contribution in [3.05, 3.63) is 102 Å². The van der Waals surface area contributed by atoms with Gasteiger partial charge in [-0.25, -0.2) is 4.79 Å². The van der Waals surface area contributed by atoms with E-state index in [2.05, 4.69) is 17.2 Å². The molecule has 3 aromatic rings. The maximum atomic E-state index is 14.5. The number of alkyl carbamates (subject to hydrolysis) is 1. The Morgan fingerprint density at radius 2 is 1.67 bits per heavy atom. The lowest BCUT2D eigenvalue weighted by atomic mass is 9.98. The largest absolute Gasteiger partial charge is 0.497 e. The molecule has 0 aliphatic carbocycles. The third kappa shape index (κ3) is 10.0. The highest BCUT2D eigenvalue weighted by Crippen LogP contribution is 2.27. The normalized spacial score (nSPS) is 12.4. The van der Waals surface area contributed by atoms with E-state index in [1.807, 2.05) is 61.5 Å². The molecule has 0 heterocycles. The summed E-state index contributed by atoms with van der Waals surface area (Å²) in [5.74, 6) is -0.112. The third-order valence-electron chi connectivity index (χ3n) is 6.69. The number of ether oxygens (including phenoxy) is 2. The van der Waals surface area contributed by atoms with Crippen molar-refractivity contribution in [1.82, 2.24) is 10.2 Å². The van der Waals surface area contributed by atoms with E-state index in [-0.39, 0.29) is 18.2 Å². The molecule has 2 atom stereocenters. The standard InChI is InChI=1S/C35H43N3O5/c1-7-9-22-38(33(40)30(24-26-14-11-10-12-15-26)37-34(41)43-35(3,4)5)31(27-17-13-16-25(8-2)23-27)32(39)36-28-18-20-29(42-6)21-19-28/h8,10-21,23,30-31H,2,7,9,22,24H2,1,3-6H3,(H,36,39)(H,37,41). The van der Waals surface area contributed by atoms with Crippen LogP contribution >= 0.6 is 0 Å². The monoisotopic (exact) mass is 585 g/mol. The quantitative estimate of drug-likeness (QED) is 0.230. The molecule has 3 amide bonds. The summed E-state index contributed by atoms with van der Waals surface area (Å²) in [6.07, 6.45) is 2.67. The number of methoxy groups -OCH3 is 1. The number of rotatable bonds is 13. The van der Waals surface area contributed by atoms with Crippen molar-refractivity contribution in [2.75, 3.05) is 19.0 Å². The zero-order chi connectivity index (χ0) is 31.4. The van der Waals surface area contributed by atoms with Crippen molar-refractivity contribution in [2.24, 2.45) is 0 Å². The van der Waals surface area contributed by atoms with E-state index >= 15 is 0 Å². The average molecular weight is 586 g/mol. The van der Waals surface area contributed by atoms with Gasteiger partial charge in [0.2, 0.25) is 5.91 Å². The molecular formula is C35H43N3O5. The fourth-order valence-corrected chi connectivity index (χ4v) is 4.61. The Labute approximate surface area is 255 Å². The Balaban J connectivity index is 2.06. The Kier molecular flexibility index (Phi) is 11.9. The molecule has 0 saturated carbocycles. The predicted octanol–water partition coefficient (Wildman–Crippen LogP) is 6.78. The number of hydrogen-bond donors (Lipinski definition) is 2. The Morgan fingerprint density at radius 3 is 2.28 bits per heavy atom. The lowest BCUT2D eigenvalue weighted by Gasteiger charge is -2.34. The number of carbonyl (C=O) groups is 3. The van der Waals surface area contributed by atoms with Gasteiger partial charge in [0.05, 0.1) is 7.11 Å². The Hall–Kier alpha value is -4.59. The summed E-state index contributed by atoms with van der Waals surface area (Å²) in [6, 6.07) is 21.9. The smallest absolute Gasteiger partial charge is 0.408 e. The van der Waals surface area contributed by atoms with Crippen LogP contribution in [0.15, 0.2) is 85.4 Å². The van der Waals surface area contributed by atoms with E-state index in [9.17, 15) is 14.4 Å². The second-order valence-corrected chi connectivity index (χ2v) is 11.3. The fourth-order valence-electron chi connectivity index (χ4n) is 4.61. The molecule has 228 valence electrons. The van der Waals surface area contributed by atoms with Gasteiger partial charge in [-0.1, -0.05) is 74.5 Å². The first-order valence-corrected chi connectivity index (χ1v) is 14.6. The van der Waals surface area contributed by atoms with Crippen molar-refractivity contribution in [3.8, 4) is 5.75 Å². The number of carbonyl (C=O) groups excluding carboxylic acids is 3. The highest BCUT2D eigenvalue weighted by Gasteiger charge is 2.36. The number of nitrogens with zero attached hydrogens (tertiary/aromatic N) is 1. The van der Waals surface area contributed by atoms with Crippen molar-refractivity contribution >= 4 is 29.7 Å². The molecule has 2 unspecified atom stereocenters. The van der Waals surface area contributed by atoms with Gasteiger partial charge in [0.1, 0.15) is 23.4 Å². The van der Waals surface area contributed by atoms with Crippen LogP contribution in [0.4, 0.5) is 10.5 Å². The minimum absolute atomic E-state index is 0.223. The molecule has 8 heteroatoms. The van der Waals surface area contributed by atoms with Crippen molar-refractivity contribution in [3.63, 3.8) is 0 Å². The van der Waals surface area contributed by atoms with Gasteiger partial charge < -0.3 is 25.0 Å². The number of benzene rings is 3. The molecule has 2 N–H and O–H groups in total. The van der Waals surface area contributed by atoms with Crippen LogP contribution in [0.2, 0.25) is 0 Å². The van der Waals surface area contributed by atoms with Crippen LogP contribution < -0.4 is 15.4 Å². The minimum Gasteiger partial charge on any atom is -0.497 e. The Bertz CT molecular complexity index is 1370. The predicted molar refractivity (Wildman–Crippen MR) is 171 cm³/mol. The molecule has 43 heavy (non-hydrogen) atoms. The van der Waals surface area contributed by atoms with Crippen LogP contribution in [0.25, 0.3) is 6.08 Å². The van der Waals surface area contributed by atoms with E-state index in [1.54, 1.807) is 63.1 Å². The summed E-state index contributed by atoms with van der Waals surface area (Å²) in [6.45, 7) is 11.5.